The Morgan fingerprint density at radius 2 is 2.38 bits per heavy atom. The summed E-state index contributed by atoms with van der Waals surface area (Å²) in [5.41, 5.74) is 0. The van der Waals surface area contributed by atoms with Crippen LogP contribution >= 0.6 is 0 Å². The van der Waals surface area contributed by atoms with Crippen LogP contribution in [0.5, 0.6) is 0 Å². The Morgan fingerprint density at radius 3 is 3.00 bits per heavy atom. The third kappa shape index (κ3) is 3.32. The number of carbonyl (C=O) groups is 1. The lowest BCUT2D eigenvalue weighted by Crippen LogP contribution is -2.50. The van der Waals surface area contributed by atoms with Crippen molar-refractivity contribution in [3.8, 4) is 0 Å². The molecule has 1 amide bonds. The Labute approximate surface area is 78.7 Å². The van der Waals surface area contributed by atoms with E-state index in [-0.39, 0.29) is 18.6 Å². The maximum absolute atomic E-state index is 11.4. The summed E-state index contributed by atoms with van der Waals surface area (Å²) in [6.45, 7) is 2.45. The van der Waals surface area contributed by atoms with Crippen LogP contribution in [-0.2, 0) is 4.79 Å². The maximum atomic E-state index is 11.4. The second kappa shape index (κ2) is 5.19. The van der Waals surface area contributed by atoms with Crippen molar-refractivity contribution in [2.24, 2.45) is 0 Å². The van der Waals surface area contributed by atoms with Crippen LogP contribution in [0.1, 0.15) is 26.2 Å². The highest BCUT2D eigenvalue weighted by Crippen LogP contribution is 2.11. The van der Waals surface area contributed by atoms with E-state index in [1.807, 2.05) is 0 Å². The van der Waals surface area contributed by atoms with Crippen molar-refractivity contribution < 1.29 is 9.90 Å². The molecule has 76 valence electrons. The Balaban J connectivity index is 2.28. The molecular weight excluding hydrogens is 168 g/mol. The summed E-state index contributed by atoms with van der Waals surface area (Å²) in [5.74, 6) is 0.0144. The molecule has 3 N–H and O–H groups in total. The summed E-state index contributed by atoms with van der Waals surface area (Å²) in [5, 5.41) is 14.4. The zero-order valence-corrected chi connectivity index (χ0v) is 8.05. The van der Waals surface area contributed by atoms with Crippen LogP contribution in [-0.4, -0.2) is 36.2 Å². The van der Waals surface area contributed by atoms with Crippen LogP contribution in [0.2, 0.25) is 0 Å². The van der Waals surface area contributed by atoms with Gasteiger partial charge in [0.15, 0.2) is 0 Å². The second-order valence-electron chi connectivity index (χ2n) is 3.57. The van der Waals surface area contributed by atoms with Gasteiger partial charge in [-0.2, -0.15) is 0 Å². The normalized spacial score (nSPS) is 28.5. The fourth-order valence-electron chi connectivity index (χ4n) is 1.65. The molecule has 0 aliphatic carbocycles. The predicted octanol–water partition coefficient (Wildman–Crippen LogP) is -0.374. The summed E-state index contributed by atoms with van der Waals surface area (Å²) in [7, 11) is 0. The first-order valence-electron chi connectivity index (χ1n) is 4.88. The highest BCUT2D eigenvalue weighted by Gasteiger charge is 2.23. The molecule has 0 radical (unpaired) electrons. The minimum Gasteiger partial charge on any atom is -0.395 e. The molecule has 1 aliphatic heterocycles. The number of hydrogen-bond donors (Lipinski definition) is 3. The average molecular weight is 186 g/mol. The van der Waals surface area contributed by atoms with E-state index >= 15 is 0 Å². The molecule has 0 aromatic rings. The lowest BCUT2D eigenvalue weighted by atomic mass is 9.99. The molecule has 13 heavy (non-hydrogen) atoms. The van der Waals surface area contributed by atoms with Crippen LogP contribution < -0.4 is 10.6 Å². The quantitative estimate of drug-likeness (QED) is 0.563. The minimum atomic E-state index is -0.0599. The van der Waals surface area contributed by atoms with Gasteiger partial charge in [-0.3, -0.25) is 4.79 Å². The van der Waals surface area contributed by atoms with E-state index in [9.17, 15) is 4.79 Å². The van der Waals surface area contributed by atoms with Crippen molar-refractivity contribution in [2.75, 3.05) is 13.2 Å². The Hall–Kier alpha value is -0.610. The van der Waals surface area contributed by atoms with Gasteiger partial charge in [-0.25, -0.2) is 0 Å². The van der Waals surface area contributed by atoms with E-state index in [0.29, 0.717) is 12.6 Å². The number of piperidine rings is 1. The zero-order chi connectivity index (χ0) is 9.68. The van der Waals surface area contributed by atoms with Gasteiger partial charge in [-0.05, 0) is 26.2 Å². The number of carbonyl (C=O) groups excluding carboxylic acids is 1. The van der Waals surface area contributed by atoms with E-state index in [1.165, 1.54) is 0 Å². The van der Waals surface area contributed by atoms with Crippen LogP contribution in [0.3, 0.4) is 0 Å². The van der Waals surface area contributed by atoms with Gasteiger partial charge in [0, 0.05) is 12.6 Å². The first-order chi connectivity index (χ1) is 6.24. The van der Waals surface area contributed by atoms with E-state index in [1.54, 1.807) is 0 Å². The molecule has 1 aliphatic rings. The molecule has 0 bridgehead atoms. The number of aliphatic hydroxyl groups is 1. The maximum Gasteiger partial charge on any atom is 0.237 e. The van der Waals surface area contributed by atoms with Crippen molar-refractivity contribution >= 4 is 5.91 Å². The Bertz CT molecular complexity index is 173. The largest absolute Gasteiger partial charge is 0.395 e. The lowest BCUT2D eigenvalue weighted by molar-refractivity contribution is -0.124. The second-order valence-corrected chi connectivity index (χ2v) is 3.57. The van der Waals surface area contributed by atoms with Gasteiger partial charge in [0.1, 0.15) is 0 Å². The molecule has 0 saturated carbocycles. The molecule has 0 aromatic carbocycles. The van der Waals surface area contributed by atoms with E-state index < -0.39 is 0 Å². The standard InChI is InChI=1S/C9H18N2O2/c1-7-3-2-4-8(11-7)9(13)10-5-6-12/h7-8,11-12H,2-6H2,1H3,(H,10,13). The zero-order valence-electron chi connectivity index (χ0n) is 8.05. The summed E-state index contributed by atoms with van der Waals surface area (Å²) in [4.78, 5) is 11.4. The van der Waals surface area contributed by atoms with Crippen molar-refractivity contribution in [3.05, 3.63) is 0 Å². The molecule has 0 spiro atoms. The molecular formula is C9H18N2O2. The van der Waals surface area contributed by atoms with Gasteiger partial charge in [0.05, 0.1) is 12.6 Å². The SMILES string of the molecule is CC1CCCC(C(=O)NCCO)N1. The van der Waals surface area contributed by atoms with E-state index in [0.717, 1.165) is 19.3 Å². The van der Waals surface area contributed by atoms with Gasteiger partial charge < -0.3 is 15.7 Å². The van der Waals surface area contributed by atoms with Gasteiger partial charge in [-0.15, -0.1) is 0 Å². The molecule has 2 unspecified atom stereocenters. The average Bonchev–Trinajstić information content (AvgIpc) is 2.14. The van der Waals surface area contributed by atoms with Crippen LogP contribution in [0.4, 0.5) is 0 Å². The van der Waals surface area contributed by atoms with Crippen LogP contribution in [0.25, 0.3) is 0 Å². The van der Waals surface area contributed by atoms with Crippen molar-refractivity contribution in [1.29, 1.82) is 0 Å². The first kappa shape index (κ1) is 10.5. The first-order valence-corrected chi connectivity index (χ1v) is 4.88. The van der Waals surface area contributed by atoms with Crippen molar-refractivity contribution in [2.45, 2.75) is 38.3 Å². The van der Waals surface area contributed by atoms with Gasteiger partial charge >= 0.3 is 0 Å². The molecule has 1 saturated heterocycles. The molecule has 2 atom stereocenters. The summed E-state index contributed by atoms with van der Waals surface area (Å²) < 4.78 is 0. The van der Waals surface area contributed by atoms with E-state index in [4.69, 9.17) is 5.11 Å². The summed E-state index contributed by atoms with van der Waals surface area (Å²) in [6.07, 6.45) is 3.15. The predicted molar refractivity (Wildman–Crippen MR) is 50.3 cm³/mol. The highest BCUT2D eigenvalue weighted by molar-refractivity contribution is 5.81. The number of aliphatic hydroxyl groups excluding tert-OH is 1. The third-order valence-electron chi connectivity index (χ3n) is 2.34. The minimum absolute atomic E-state index is 0.00795. The number of rotatable bonds is 3. The van der Waals surface area contributed by atoms with Crippen LogP contribution in [0.15, 0.2) is 0 Å². The lowest BCUT2D eigenvalue weighted by Gasteiger charge is -2.27. The fourth-order valence-corrected chi connectivity index (χ4v) is 1.65. The Morgan fingerprint density at radius 1 is 1.62 bits per heavy atom. The third-order valence-corrected chi connectivity index (χ3v) is 2.34. The van der Waals surface area contributed by atoms with E-state index in [2.05, 4.69) is 17.6 Å². The number of nitrogens with one attached hydrogen (secondary N) is 2. The van der Waals surface area contributed by atoms with Gasteiger partial charge in [0.25, 0.3) is 0 Å². The smallest absolute Gasteiger partial charge is 0.237 e. The summed E-state index contributed by atoms with van der Waals surface area (Å²) >= 11 is 0. The molecule has 0 aromatic heterocycles. The molecule has 4 nitrogen and oxygen atoms in total. The molecule has 1 heterocycles. The van der Waals surface area contributed by atoms with Gasteiger partial charge in [0.2, 0.25) is 5.91 Å². The fraction of sp³-hybridized carbons (Fsp3) is 0.889. The summed E-state index contributed by atoms with van der Waals surface area (Å²) in [6, 6.07) is 0.369. The van der Waals surface area contributed by atoms with Gasteiger partial charge in [-0.1, -0.05) is 0 Å². The number of hydrogen-bond acceptors (Lipinski definition) is 3. The molecule has 1 rings (SSSR count). The topological polar surface area (TPSA) is 61.4 Å². The number of amides is 1. The van der Waals surface area contributed by atoms with Crippen LogP contribution in [0, 0.1) is 0 Å². The Kier molecular flexibility index (Phi) is 4.18. The highest BCUT2D eigenvalue weighted by atomic mass is 16.3. The van der Waals surface area contributed by atoms with Crippen molar-refractivity contribution in [1.82, 2.24) is 10.6 Å². The molecule has 4 heteroatoms. The molecule has 1 fully saturated rings. The van der Waals surface area contributed by atoms with Crippen molar-refractivity contribution in [3.63, 3.8) is 0 Å². The monoisotopic (exact) mass is 186 g/mol.